The molecule has 4 nitrogen and oxygen atoms in total. The summed E-state index contributed by atoms with van der Waals surface area (Å²) in [5, 5.41) is 20.0. The number of rotatable bonds is 4. The summed E-state index contributed by atoms with van der Waals surface area (Å²) in [5.41, 5.74) is 0.292. The molecule has 0 aromatic heterocycles. The molecule has 0 spiro atoms. The Kier molecular flexibility index (Phi) is 4.20. The van der Waals surface area contributed by atoms with E-state index in [2.05, 4.69) is 0 Å². The first kappa shape index (κ1) is 13.2. The fourth-order valence-electron chi connectivity index (χ4n) is 1.48. The Morgan fingerprint density at radius 1 is 1.53 bits per heavy atom. The fraction of sp³-hybridized carbons (Fsp3) is 0.333. The summed E-state index contributed by atoms with van der Waals surface area (Å²) >= 11 is 0. The van der Waals surface area contributed by atoms with Gasteiger partial charge in [-0.3, -0.25) is 10.1 Å². The number of aromatic hydroxyl groups is 1. The molecule has 0 unspecified atom stereocenters. The molecule has 17 heavy (non-hydrogen) atoms. The van der Waals surface area contributed by atoms with Crippen molar-refractivity contribution in [2.75, 3.05) is 0 Å². The molecule has 0 heterocycles. The lowest BCUT2D eigenvalue weighted by atomic mass is 10.1. The van der Waals surface area contributed by atoms with E-state index < -0.39 is 10.7 Å². The quantitative estimate of drug-likeness (QED) is 0.648. The Labute approximate surface area is 98.5 Å². The van der Waals surface area contributed by atoms with Crippen molar-refractivity contribution in [3.63, 3.8) is 0 Å². The van der Waals surface area contributed by atoms with Crippen molar-refractivity contribution in [1.82, 2.24) is 0 Å². The van der Waals surface area contributed by atoms with E-state index >= 15 is 0 Å². The van der Waals surface area contributed by atoms with Gasteiger partial charge >= 0.3 is 0 Å². The predicted octanol–water partition coefficient (Wildman–Crippen LogP) is 3.20. The van der Waals surface area contributed by atoms with E-state index in [1.54, 1.807) is 0 Å². The minimum atomic E-state index is -0.622. The average molecular weight is 239 g/mol. The van der Waals surface area contributed by atoms with Crippen molar-refractivity contribution in [3.8, 4) is 5.75 Å². The molecular formula is C12H14FNO3. The van der Waals surface area contributed by atoms with E-state index in [0.29, 0.717) is 6.42 Å². The SMILES string of the molecule is CC(C)C/C(=C/c1cc(O)cc(F)c1)[N+](=O)[O-]. The summed E-state index contributed by atoms with van der Waals surface area (Å²) in [4.78, 5) is 10.3. The molecule has 0 saturated heterocycles. The first-order valence-electron chi connectivity index (χ1n) is 5.23. The molecule has 0 amide bonds. The van der Waals surface area contributed by atoms with Gasteiger partial charge in [0.25, 0.3) is 0 Å². The second-order valence-electron chi connectivity index (χ2n) is 4.23. The normalized spacial score (nSPS) is 11.9. The van der Waals surface area contributed by atoms with Gasteiger partial charge in [0.2, 0.25) is 5.70 Å². The van der Waals surface area contributed by atoms with E-state index in [0.717, 1.165) is 12.1 Å². The maximum atomic E-state index is 13.0. The number of phenols is 1. The van der Waals surface area contributed by atoms with Crippen molar-refractivity contribution >= 4 is 6.08 Å². The van der Waals surface area contributed by atoms with Crippen LogP contribution in [0.25, 0.3) is 6.08 Å². The van der Waals surface area contributed by atoms with Crippen LogP contribution in [0, 0.1) is 21.8 Å². The Bertz CT molecular complexity index is 435. The highest BCUT2D eigenvalue weighted by Crippen LogP contribution is 2.20. The summed E-state index contributed by atoms with van der Waals surface area (Å²) in [6.07, 6.45) is 1.58. The van der Waals surface area contributed by atoms with Crippen molar-refractivity contribution in [2.45, 2.75) is 20.3 Å². The van der Waals surface area contributed by atoms with Gasteiger partial charge in [-0.1, -0.05) is 13.8 Å². The monoisotopic (exact) mass is 239 g/mol. The predicted molar refractivity (Wildman–Crippen MR) is 62.5 cm³/mol. The van der Waals surface area contributed by atoms with Crippen molar-refractivity contribution in [2.24, 2.45) is 5.92 Å². The highest BCUT2D eigenvalue weighted by atomic mass is 19.1. The number of phenolic OH excluding ortho intramolecular Hbond substituents is 1. The second-order valence-corrected chi connectivity index (χ2v) is 4.23. The maximum absolute atomic E-state index is 13.0. The average Bonchev–Trinajstić information content (AvgIpc) is 2.13. The standard InChI is InChI=1S/C12H14FNO3/c1-8(2)3-11(14(16)17)5-9-4-10(13)7-12(15)6-9/h4-8,15H,3H2,1-2H3/b11-5-. The van der Waals surface area contributed by atoms with Crippen LogP contribution in [0.3, 0.4) is 0 Å². The molecular weight excluding hydrogens is 225 g/mol. The largest absolute Gasteiger partial charge is 0.508 e. The second kappa shape index (κ2) is 5.43. The summed E-state index contributed by atoms with van der Waals surface area (Å²) in [7, 11) is 0. The third-order valence-electron chi connectivity index (χ3n) is 2.09. The van der Waals surface area contributed by atoms with Crippen LogP contribution in [0.1, 0.15) is 25.8 Å². The lowest BCUT2D eigenvalue weighted by Crippen LogP contribution is -2.02. The molecule has 0 bridgehead atoms. The Balaban J connectivity index is 3.08. The number of nitro groups is 1. The van der Waals surface area contributed by atoms with Gasteiger partial charge in [-0.05, 0) is 23.6 Å². The third-order valence-corrected chi connectivity index (χ3v) is 2.09. The topological polar surface area (TPSA) is 63.4 Å². The van der Waals surface area contributed by atoms with Gasteiger partial charge in [-0.2, -0.15) is 0 Å². The lowest BCUT2D eigenvalue weighted by Gasteiger charge is -2.03. The van der Waals surface area contributed by atoms with Crippen molar-refractivity contribution < 1.29 is 14.4 Å². The molecule has 0 aliphatic carbocycles. The van der Waals surface area contributed by atoms with Gasteiger partial charge in [0.15, 0.2) is 0 Å². The molecule has 0 aliphatic heterocycles. The molecule has 0 radical (unpaired) electrons. The molecule has 92 valence electrons. The highest BCUT2D eigenvalue weighted by Gasteiger charge is 2.13. The summed E-state index contributed by atoms with van der Waals surface area (Å²) in [6, 6.07) is 3.38. The summed E-state index contributed by atoms with van der Waals surface area (Å²) in [6.45, 7) is 3.72. The fourth-order valence-corrected chi connectivity index (χ4v) is 1.48. The van der Waals surface area contributed by atoms with Gasteiger partial charge < -0.3 is 5.11 Å². The van der Waals surface area contributed by atoms with Gasteiger partial charge in [0, 0.05) is 18.6 Å². The zero-order valence-corrected chi connectivity index (χ0v) is 9.68. The third kappa shape index (κ3) is 4.22. The summed E-state index contributed by atoms with van der Waals surface area (Å²) < 4.78 is 13.0. The first-order valence-corrected chi connectivity index (χ1v) is 5.23. The van der Waals surface area contributed by atoms with Crippen LogP contribution in [0.4, 0.5) is 4.39 Å². The van der Waals surface area contributed by atoms with Crippen LogP contribution in [-0.4, -0.2) is 10.0 Å². The molecule has 1 aromatic carbocycles. The molecule has 1 aromatic rings. The number of allylic oxidation sites excluding steroid dienone is 1. The van der Waals surface area contributed by atoms with Crippen LogP contribution in [0.5, 0.6) is 5.75 Å². The number of benzene rings is 1. The molecule has 0 atom stereocenters. The minimum Gasteiger partial charge on any atom is -0.508 e. The minimum absolute atomic E-state index is 0.00463. The van der Waals surface area contributed by atoms with E-state index in [4.69, 9.17) is 0 Å². The maximum Gasteiger partial charge on any atom is 0.247 e. The van der Waals surface area contributed by atoms with Crippen LogP contribution in [0.2, 0.25) is 0 Å². The molecule has 1 N–H and O–H groups in total. The zero-order chi connectivity index (χ0) is 13.0. The van der Waals surface area contributed by atoms with Crippen molar-refractivity contribution in [1.29, 1.82) is 0 Å². The van der Waals surface area contributed by atoms with E-state index in [1.165, 1.54) is 12.1 Å². The van der Waals surface area contributed by atoms with Crippen LogP contribution in [-0.2, 0) is 0 Å². The van der Waals surface area contributed by atoms with E-state index in [-0.39, 0.29) is 22.9 Å². The van der Waals surface area contributed by atoms with Crippen LogP contribution < -0.4 is 0 Å². The Hall–Kier alpha value is -1.91. The highest BCUT2D eigenvalue weighted by molar-refractivity contribution is 5.53. The first-order chi connectivity index (χ1) is 7.88. The van der Waals surface area contributed by atoms with E-state index in [9.17, 15) is 19.6 Å². The Morgan fingerprint density at radius 2 is 2.18 bits per heavy atom. The van der Waals surface area contributed by atoms with Crippen LogP contribution in [0.15, 0.2) is 23.9 Å². The van der Waals surface area contributed by atoms with E-state index in [1.807, 2.05) is 13.8 Å². The zero-order valence-electron chi connectivity index (χ0n) is 9.68. The number of hydrogen-bond donors (Lipinski definition) is 1. The van der Waals surface area contributed by atoms with Gasteiger partial charge in [-0.15, -0.1) is 0 Å². The molecule has 5 heteroatoms. The smallest absolute Gasteiger partial charge is 0.247 e. The van der Waals surface area contributed by atoms with Gasteiger partial charge in [0.05, 0.1) is 4.92 Å². The molecule has 0 aliphatic rings. The number of hydrogen-bond acceptors (Lipinski definition) is 3. The van der Waals surface area contributed by atoms with Gasteiger partial charge in [-0.25, -0.2) is 4.39 Å². The number of nitrogens with zero attached hydrogens (tertiary/aromatic N) is 1. The van der Waals surface area contributed by atoms with Crippen molar-refractivity contribution in [3.05, 3.63) is 45.4 Å². The van der Waals surface area contributed by atoms with Gasteiger partial charge in [0.1, 0.15) is 11.6 Å². The Morgan fingerprint density at radius 3 is 2.65 bits per heavy atom. The lowest BCUT2D eigenvalue weighted by molar-refractivity contribution is -0.427. The summed E-state index contributed by atoms with van der Waals surface area (Å²) in [5.74, 6) is -0.735. The molecule has 0 fully saturated rings. The molecule has 0 saturated carbocycles. The van der Waals surface area contributed by atoms with Crippen LogP contribution >= 0.6 is 0 Å². The molecule has 1 rings (SSSR count). The number of halogens is 1.